The van der Waals surface area contributed by atoms with Gasteiger partial charge in [0.1, 0.15) is 5.00 Å². The maximum Gasteiger partial charge on any atom is 0.338 e. The summed E-state index contributed by atoms with van der Waals surface area (Å²) in [6.45, 7) is 4.07. The zero-order chi connectivity index (χ0) is 13.5. The predicted octanol–water partition coefficient (Wildman–Crippen LogP) is 3.60. The summed E-state index contributed by atoms with van der Waals surface area (Å²) < 4.78 is 0. The minimum absolute atomic E-state index is 0.0336. The number of carbonyl (C=O) groups is 2. The number of amides is 1. The summed E-state index contributed by atoms with van der Waals surface area (Å²) >= 11 is 1.25. The molecule has 1 rings (SSSR count). The summed E-state index contributed by atoms with van der Waals surface area (Å²) in [6, 6.07) is 1.51. The number of unbranched alkanes of at least 4 members (excludes halogenated alkanes) is 1. The fourth-order valence-corrected chi connectivity index (χ4v) is 2.54. The van der Waals surface area contributed by atoms with Gasteiger partial charge in [-0.1, -0.05) is 26.7 Å². The fourth-order valence-electron chi connectivity index (χ4n) is 1.76. The summed E-state index contributed by atoms with van der Waals surface area (Å²) in [4.78, 5) is 23.0. The summed E-state index contributed by atoms with van der Waals surface area (Å²) in [5.41, 5.74) is 0.165. The molecule has 100 valence electrons. The third-order valence-electron chi connectivity index (χ3n) is 2.90. The number of hydrogen-bond donors (Lipinski definition) is 2. The Labute approximate surface area is 111 Å². The lowest BCUT2D eigenvalue weighted by atomic mass is 9.98. The smallest absolute Gasteiger partial charge is 0.338 e. The van der Waals surface area contributed by atoms with Crippen LogP contribution in [0.15, 0.2) is 11.4 Å². The average molecular weight is 269 g/mol. The van der Waals surface area contributed by atoms with Gasteiger partial charge in [0.05, 0.1) is 5.56 Å². The van der Waals surface area contributed by atoms with E-state index < -0.39 is 5.97 Å². The van der Waals surface area contributed by atoms with Crippen molar-refractivity contribution >= 4 is 28.2 Å². The summed E-state index contributed by atoms with van der Waals surface area (Å²) in [5.74, 6) is -1.11. The van der Waals surface area contributed by atoms with E-state index in [4.69, 9.17) is 5.11 Å². The maximum absolute atomic E-state index is 12.0. The molecule has 2 N–H and O–H groups in total. The van der Waals surface area contributed by atoms with Gasteiger partial charge in [0.25, 0.3) is 0 Å². The zero-order valence-electron chi connectivity index (χ0n) is 10.7. The lowest BCUT2D eigenvalue weighted by Gasteiger charge is -2.14. The van der Waals surface area contributed by atoms with E-state index in [0.29, 0.717) is 5.00 Å². The monoisotopic (exact) mass is 269 g/mol. The first-order valence-corrected chi connectivity index (χ1v) is 7.09. The van der Waals surface area contributed by atoms with E-state index in [1.165, 1.54) is 17.4 Å². The molecule has 1 aromatic rings. The Bertz CT molecular complexity index is 414. The van der Waals surface area contributed by atoms with Gasteiger partial charge in [-0.05, 0) is 24.3 Å². The molecule has 0 fully saturated rings. The largest absolute Gasteiger partial charge is 0.478 e. The Morgan fingerprint density at radius 2 is 2.17 bits per heavy atom. The highest BCUT2D eigenvalue weighted by Gasteiger charge is 2.19. The average Bonchev–Trinajstić information content (AvgIpc) is 2.78. The maximum atomic E-state index is 12.0. The Morgan fingerprint density at radius 3 is 2.72 bits per heavy atom. The van der Waals surface area contributed by atoms with Crippen molar-refractivity contribution in [3.05, 3.63) is 17.0 Å². The second kappa shape index (κ2) is 7.16. The molecule has 0 spiro atoms. The molecule has 0 saturated carbocycles. The van der Waals surface area contributed by atoms with Crippen LogP contribution in [0.3, 0.4) is 0 Å². The molecule has 0 aliphatic heterocycles. The zero-order valence-corrected chi connectivity index (χ0v) is 11.5. The van der Waals surface area contributed by atoms with Crippen LogP contribution < -0.4 is 5.32 Å². The van der Waals surface area contributed by atoms with Crippen molar-refractivity contribution in [1.82, 2.24) is 0 Å². The normalized spacial score (nSPS) is 12.1. The Kier molecular flexibility index (Phi) is 5.85. The van der Waals surface area contributed by atoms with Gasteiger partial charge in [0, 0.05) is 5.92 Å². The highest BCUT2D eigenvalue weighted by atomic mass is 32.1. The van der Waals surface area contributed by atoms with Crippen LogP contribution in [0.2, 0.25) is 0 Å². The molecule has 5 heteroatoms. The first-order valence-electron chi connectivity index (χ1n) is 6.21. The van der Waals surface area contributed by atoms with E-state index in [1.54, 1.807) is 5.38 Å². The lowest BCUT2D eigenvalue weighted by molar-refractivity contribution is -0.120. The minimum atomic E-state index is -1.01. The van der Waals surface area contributed by atoms with E-state index in [-0.39, 0.29) is 17.4 Å². The van der Waals surface area contributed by atoms with Crippen molar-refractivity contribution in [2.24, 2.45) is 5.92 Å². The quantitative estimate of drug-likeness (QED) is 0.794. The molecule has 1 amide bonds. The molecule has 0 aromatic carbocycles. The number of hydrogen-bond acceptors (Lipinski definition) is 3. The third-order valence-corrected chi connectivity index (χ3v) is 3.73. The highest BCUT2D eigenvalue weighted by Crippen LogP contribution is 2.25. The first-order chi connectivity index (χ1) is 8.60. The van der Waals surface area contributed by atoms with Crippen LogP contribution in [0.25, 0.3) is 0 Å². The molecule has 1 heterocycles. The van der Waals surface area contributed by atoms with Gasteiger partial charge in [0.15, 0.2) is 0 Å². The number of anilines is 1. The van der Waals surface area contributed by atoms with Crippen LogP contribution in [0, 0.1) is 5.92 Å². The van der Waals surface area contributed by atoms with Gasteiger partial charge in [-0.25, -0.2) is 4.79 Å². The molecule has 0 saturated heterocycles. The number of carboxylic acids is 1. The molecule has 0 aliphatic rings. The molecule has 18 heavy (non-hydrogen) atoms. The van der Waals surface area contributed by atoms with Gasteiger partial charge >= 0.3 is 5.97 Å². The third kappa shape index (κ3) is 3.84. The van der Waals surface area contributed by atoms with Crippen molar-refractivity contribution in [3.8, 4) is 0 Å². The molecule has 0 bridgehead atoms. The molecular formula is C13H19NO3S. The molecule has 1 aromatic heterocycles. The van der Waals surface area contributed by atoms with Gasteiger partial charge in [-0.3, -0.25) is 4.79 Å². The van der Waals surface area contributed by atoms with Crippen LogP contribution in [0.5, 0.6) is 0 Å². The van der Waals surface area contributed by atoms with E-state index in [1.807, 2.05) is 6.92 Å². The van der Waals surface area contributed by atoms with E-state index in [2.05, 4.69) is 12.2 Å². The molecule has 1 unspecified atom stereocenters. The summed E-state index contributed by atoms with van der Waals surface area (Å²) in [5, 5.41) is 13.8. The van der Waals surface area contributed by atoms with Gasteiger partial charge < -0.3 is 10.4 Å². The Morgan fingerprint density at radius 1 is 1.44 bits per heavy atom. The van der Waals surface area contributed by atoms with Gasteiger partial charge in [0.2, 0.25) is 5.91 Å². The highest BCUT2D eigenvalue weighted by molar-refractivity contribution is 7.14. The number of nitrogens with one attached hydrogen (secondary N) is 1. The summed E-state index contributed by atoms with van der Waals surface area (Å²) in [6.07, 6.45) is 3.71. The molecule has 4 nitrogen and oxygen atoms in total. The van der Waals surface area contributed by atoms with Gasteiger partial charge in [-0.2, -0.15) is 0 Å². The summed E-state index contributed by atoms with van der Waals surface area (Å²) in [7, 11) is 0. The second-order valence-corrected chi connectivity index (χ2v) is 5.12. The van der Waals surface area contributed by atoms with Crippen molar-refractivity contribution < 1.29 is 14.7 Å². The van der Waals surface area contributed by atoms with Crippen molar-refractivity contribution in [1.29, 1.82) is 0 Å². The fraction of sp³-hybridized carbons (Fsp3) is 0.538. The topological polar surface area (TPSA) is 66.4 Å². The van der Waals surface area contributed by atoms with E-state index in [9.17, 15) is 9.59 Å². The number of aromatic carboxylic acids is 1. The van der Waals surface area contributed by atoms with Gasteiger partial charge in [-0.15, -0.1) is 11.3 Å². The molecule has 0 radical (unpaired) electrons. The number of carboxylic acid groups (broad SMARTS) is 1. The van der Waals surface area contributed by atoms with Crippen molar-refractivity contribution in [2.75, 3.05) is 5.32 Å². The number of rotatable bonds is 7. The van der Waals surface area contributed by atoms with Crippen LogP contribution >= 0.6 is 11.3 Å². The lowest BCUT2D eigenvalue weighted by Crippen LogP contribution is -2.22. The minimum Gasteiger partial charge on any atom is -0.478 e. The van der Waals surface area contributed by atoms with Crippen LogP contribution in [0.1, 0.15) is 49.9 Å². The second-order valence-electron chi connectivity index (χ2n) is 4.21. The Balaban J connectivity index is 2.67. The standard InChI is InChI=1S/C13H19NO3S/c1-3-5-6-9(4-2)11(15)14-12-10(13(16)17)7-8-18-12/h7-9H,3-6H2,1-2H3,(H,14,15)(H,16,17). The predicted molar refractivity (Wildman–Crippen MR) is 73.2 cm³/mol. The van der Waals surface area contributed by atoms with Crippen LogP contribution in [-0.2, 0) is 4.79 Å². The first kappa shape index (κ1) is 14.7. The molecular weight excluding hydrogens is 250 g/mol. The molecule has 1 atom stereocenters. The number of thiophene rings is 1. The van der Waals surface area contributed by atoms with Crippen LogP contribution in [0.4, 0.5) is 5.00 Å². The van der Waals surface area contributed by atoms with E-state index in [0.717, 1.165) is 25.7 Å². The van der Waals surface area contributed by atoms with E-state index >= 15 is 0 Å². The van der Waals surface area contributed by atoms with Crippen molar-refractivity contribution in [2.45, 2.75) is 39.5 Å². The number of carbonyl (C=O) groups excluding carboxylic acids is 1. The van der Waals surface area contributed by atoms with Crippen LogP contribution in [-0.4, -0.2) is 17.0 Å². The van der Waals surface area contributed by atoms with Crippen molar-refractivity contribution in [3.63, 3.8) is 0 Å². The molecule has 0 aliphatic carbocycles. The SMILES string of the molecule is CCCCC(CC)C(=O)Nc1sccc1C(=O)O. The Hall–Kier alpha value is -1.36.